The second-order valence-corrected chi connectivity index (χ2v) is 7.14. The lowest BCUT2D eigenvalue weighted by Gasteiger charge is -2.18. The summed E-state index contributed by atoms with van der Waals surface area (Å²) < 4.78 is 0. The molecule has 1 aliphatic carbocycles. The molecule has 3 heteroatoms. The normalized spacial score (nSPS) is 24.7. The van der Waals surface area contributed by atoms with Crippen molar-refractivity contribution in [1.29, 1.82) is 0 Å². The number of carboxylic acid groups (broad SMARTS) is 1. The van der Waals surface area contributed by atoms with Gasteiger partial charge in [-0.05, 0) is 81.1 Å². The molecule has 0 aromatic heterocycles. The Kier molecular flexibility index (Phi) is 4.82. The molecule has 1 saturated carbocycles. The highest BCUT2D eigenvalue weighted by Gasteiger charge is 2.33. The molecule has 1 aliphatic heterocycles. The zero-order chi connectivity index (χ0) is 15.5. The molecule has 1 N–H and O–H groups in total. The third-order valence-electron chi connectivity index (χ3n) is 5.37. The highest BCUT2D eigenvalue weighted by molar-refractivity contribution is 5.68. The number of likely N-dealkylation sites (tertiary alicyclic amines) is 1. The van der Waals surface area contributed by atoms with Crippen LogP contribution in [0.1, 0.15) is 61.5 Å². The molecule has 3 nitrogen and oxygen atoms in total. The van der Waals surface area contributed by atoms with Crippen LogP contribution in [0.5, 0.6) is 0 Å². The van der Waals surface area contributed by atoms with Crippen LogP contribution in [0.25, 0.3) is 0 Å². The molecule has 1 aromatic carbocycles. The van der Waals surface area contributed by atoms with Crippen LogP contribution in [0.2, 0.25) is 0 Å². The van der Waals surface area contributed by atoms with Crippen molar-refractivity contribution in [3.05, 3.63) is 35.4 Å². The fraction of sp³-hybridized carbons (Fsp3) is 0.632. The minimum atomic E-state index is -0.673. The van der Waals surface area contributed by atoms with Crippen LogP contribution in [0, 0.1) is 5.92 Å². The van der Waals surface area contributed by atoms with Crippen molar-refractivity contribution in [2.45, 2.75) is 50.4 Å². The number of nitrogens with zero attached hydrogens (tertiary/aromatic N) is 1. The van der Waals surface area contributed by atoms with Crippen molar-refractivity contribution in [2.24, 2.45) is 5.92 Å². The highest BCUT2D eigenvalue weighted by atomic mass is 16.4. The summed E-state index contributed by atoms with van der Waals surface area (Å²) in [6.45, 7) is 2.38. The molecule has 22 heavy (non-hydrogen) atoms. The van der Waals surface area contributed by atoms with Gasteiger partial charge in [0.1, 0.15) is 0 Å². The van der Waals surface area contributed by atoms with E-state index in [-0.39, 0.29) is 12.3 Å². The van der Waals surface area contributed by atoms with Gasteiger partial charge < -0.3 is 10.0 Å². The van der Waals surface area contributed by atoms with Gasteiger partial charge in [-0.2, -0.15) is 0 Å². The van der Waals surface area contributed by atoms with E-state index < -0.39 is 5.97 Å². The Bertz CT molecular complexity index is 507. The lowest BCUT2D eigenvalue weighted by molar-refractivity contribution is -0.137. The van der Waals surface area contributed by atoms with Gasteiger partial charge in [-0.25, -0.2) is 0 Å². The molecule has 1 heterocycles. The first kappa shape index (κ1) is 15.5. The van der Waals surface area contributed by atoms with Crippen LogP contribution in [-0.2, 0) is 4.79 Å². The van der Waals surface area contributed by atoms with Crippen LogP contribution >= 0.6 is 0 Å². The zero-order valence-electron chi connectivity index (χ0n) is 13.5. The Hall–Kier alpha value is -1.35. The van der Waals surface area contributed by atoms with Crippen molar-refractivity contribution in [1.82, 2.24) is 4.90 Å². The van der Waals surface area contributed by atoms with Crippen molar-refractivity contribution in [3.63, 3.8) is 0 Å². The summed E-state index contributed by atoms with van der Waals surface area (Å²) in [6, 6.07) is 8.89. The van der Waals surface area contributed by atoms with Crippen LogP contribution < -0.4 is 0 Å². The predicted molar refractivity (Wildman–Crippen MR) is 88.2 cm³/mol. The van der Waals surface area contributed by atoms with Gasteiger partial charge in [-0.15, -0.1) is 0 Å². The topological polar surface area (TPSA) is 40.5 Å². The number of carboxylic acids is 1. The largest absolute Gasteiger partial charge is 0.481 e. The van der Waals surface area contributed by atoms with Crippen molar-refractivity contribution >= 4 is 5.97 Å². The van der Waals surface area contributed by atoms with E-state index in [1.807, 2.05) is 0 Å². The van der Waals surface area contributed by atoms with Gasteiger partial charge in [0, 0.05) is 0 Å². The lowest BCUT2D eigenvalue weighted by Crippen LogP contribution is -2.18. The number of hydrogen-bond donors (Lipinski definition) is 1. The van der Waals surface area contributed by atoms with Crippen LogP contribution in [-0.4, -0.2) is 36.1 Å². The summed E-state index contributed by atoms with van der Waals surface area (Å²) >= 11 is 0. The molecular formula is C19H27NO2. The molecule has 0 spiro atoms. The van der Waals surface area contributed by atoms with Crippen LogP contribution in [0.4, 0.5) is 0 Å². The van der Waals surface area contributed by atoms with Crippen LogP contribution in [0.3, 0.4) is 0 Å². The molecule has 2 atom stereocenters. The average molecular weight is 301 g/mol. The molecule has 1 aromatic rings. The molecule has 2 fully saturated rings. The van der Waals surface area contributed by atoms with Gasteiger partial charge in [-0.3, -0.25) is 4.79 Å². The molecule has 0 bridgehead atoms. The van der Waals surface area contributed by atoms with Crippen molar-refractivity contribution in [2.75, 3.05) is 20.1 Å². The van der Waals surface area contributed by atoms with E-state index in [1.54, 1.807) is 0 Å². The van der Waals surface area contributed by atoms with E-state index in [4.69, 9.17) is 5.11 Å². The third-order valence-corrected chi connectivity index (χ3v) is 5.37. The number of hydrogen-bond acceptors (Lipinski definition) is 2. The number of carbonyl (C=O) groups is 1. The first-order valence-electron chi connectivity index (χ1n) is 8.63. The average Bonchev–Trinajstić information content (AvgIpc) is 3.33. The van der Waals surface area contributed by atoms with Gasteiger partial charge in [0.2, 0.25) is 0 Å². The predicted octanol–water partition coefficient (Wildman–Crippen LogP) is 3.85. The molecular weight excluding hydrogens is 274 g/mol. The second kappa shape index (κ2) is 6.82. The summed E-state index contributed by atoms with van der Waals surface area (Å²) in [6.07, 6.45) is 6.43. The Morgan fingerprint density at radius 3 is 2.55 bits per heavy atom. The summed E-state index contributed by atoms with van der Waals surface area (Å²) in [4.78, 5) is 13.5. The quantitative estimate of drug-likeness (QED) is 0.898. The van der Waals surface area contributed by atoms with Crippen molar-refractivity contribution < 1.29 is 9.90 Å². The van der Waals surface area contributed by atoms with E-state index in [0.29, 0.717) is 11.8 Å². The van der Waals surface area contributed by atoms with Crippen LogP contribution in [0.15, 0.2) is 24.3 Å². The number of benzene rings is 1. The fourth-order valence-electron chi connectivity index (χ4n) is 3.83. The molecule has 0 radical (unpaired) electrons. The molecule has 2 unspecified atom stereocenters. The monoisotopic (exact) mass is 301 g/mol. The molecule has 1 saturated heterocycles. The second-order valence-electron chi connectivity index (χ2n) is 7.14. The van der Waals surface area contributed by atoms with Crippen molar-refractivity contribution in [3.8, 4) is 0 Å². The van der Waals surface area contributed by atoms with E-state index >= 15 is 0 Å². The van der Waals surface area contributed by atoms with E-state index in [0.717, 1.165) is 0 Å². The fourth-order valence-corrected chi connectivity index (χ4v) is 3.83. The number of rotatable bonds is 5. The first-order valence-corrected chi connectivity index (χ1v) is 8.63. The summed E-state index contributed by atoms with van der Waals surface area (Å²) in [5.74, 6) is 0.797. The Morgan fingerprint density at radius 1 is 1.18 bits per heavy atom. The van der Waals surface area contributed by atoms with Gasteiger partial charge in [-0.1, -0.05) is 24.3 Å². The zero-order valence-corrected chi connectivity index (χ0v) is 13.5. The third kappa shape index (κ3) is 3.89. The van der Waals surface area contributed by atoms with E-state index in [2.05, 4.69) is 36.2 Å². The Labute approximate surface area is 133 Å². The maximum Gasteiger partial charge on any atom is 0.303 e. The van der Waals surface area contributed by atoms with Gasteiger partial charge in [0.25, 0.3) is 0 Å². The summed E-state index contributed by atoms with van der Waals surface area (Å²) in [7, 11) is 2.21. The molecule has 0 amide bonds. The maximum atomic E-state index is 11.1. The van der Waals surface area contributed by atoms with Gasteiger partial charge in [0.15, 0.2) is 0 Å². The SMILES string of the molecule is CN1CCCC(c2ccc(C(CC(=O)O)C3CC3)cc2)CC1. The Balaban J connectivity index is 1.69. The maximum absolute atomic E-state index is 11.1. The minimum Gasteiger partial charge on any atom is -0.481 e. The lowest BCUT2D eigenvalue weighted by atomic mass is 9.87. The highest BCUT2D eigenvalue weighted by Crippen LogP contribution is 2.44. The minimum absolute atomic E-state index is 0.215. The smallest absolute Gasteiger partial charge is 0.303 e. The standard InChI is InChI=1S/C19H27NO2/c1-20-11-2-3-14(10-12-20)15-4-6-16(7-5-15)18(13-19(21)22)17-8-9-17/h4-7,14,17-18H,2-3,8-13H2,1H3,(H,21,22). The van der Waals surface area contributed by atoms with E-state index in [9.17, 15) is 4.79 Å². The molecule has 2 aliphatic rings. The summed E-state index contributed by atoms with van der Waals surface area (Å²) in [5, 5.41) is 9.13. The number of aliphatic carboxylic acids is 1. The van der Waals surface area contributed by atoms with E-state index in [1.165, 1.54) is 56.3 Å². The summed E-state index contributed by atoms with van der Waals surface area (Å²) in [5.41, 5.74) is 2.66. The van der Waals surface area contributed by atoms with Gasteiger partial charge in [0.05, 0.1) is 6.42 Å². The Morgan fingerprint density at radius 2 is 1.91 bits per heavy atom. The first-order chi connectivity index (χ1) is 10.6. The molecule has 120 valence electrons. The molecule has 3 rings (SSSR count). The van der Waals surface area contributed by atoms with Gasteiger partial charge >= 0.3 is 5.97 Å².